The number of benzene rings is 1. The molecule has 0 spiro atoms. The molecule has 5 N–H and O–H groups in total. The number of nitrogens with two attached hydrogens (primary N) is 1. The van der Waals surface area contributed by atoms with Crippen LogP contribution in [-0.2, 0) is 20.5 Å². The molecule has 1 aliphatic rings. The third-order valence-electron chi connectivity index (χ3n) is 6.00. The van der Waals surface area contributed by atoms with Gasteiger partial charge in [0.15, 0.2) is 17.5 Å². The molecule has 4 atom stereocenters. The second-order valence-electron chi connectivity index (χ2n) is 8.53. The van der Waals surface area contributed by atoms with Crippen molar-refractivity contribution in [2.75, 3.05) is 11.9 Å². The van der Waals surface area contributed by atoms with Crippen molar-refractivity contribution in [2.24, 2.45) is 11.1 Å². The van der Waals surface area contributed by atoms with Crippen LogP contribution in [0.3, 0.4) is 0 Å². The van der Waals surface area contributed by atoms with E-state index in [1.54, 1.807) is 0 Å². The second kappa shape index (κ2) is 10.5. The number of alkyl halides is 2. The predicted octanol–water partition coefficient (Wildman–Crippen LogP) is 0.661. The monoisotopic (exact) mass is 578 g/mol. The van der Waals surface area contributed by atoms with Crippen molar-refractivity contribution in [3.8, 4) is 0 Å². The SMILES string of the molecule is NS(=O)(=O)OC[C@H]1C[C@@H](Nc2ncncc2C(=O)c2ccn(C(F)(F)c3ccc(F)c(F)c3F)n2)[C@H](O)[C@@H]1O. The van der Waals surface area contributed by atoms with Crippen LogP contribution >= 0.6 is 0 Å². The Hall–Kier alpha value is -3.58. The molecule has 1 fully saturated rings. The Balaban J connectivity index is 1.56. The van der Waals surface area contributed by atoms with Gasteiger partial charge in [-0.3, -0.25) is 8.98 Å². The molecule has 2 aromatic heterocycles. The van der Waals surface area contributed by atoms with Gasteiger partial charge in [0.25, 0.3) is 0 Å². The van der Waals surface area contributed by atoms with Crippen LogP contribution < -0.4 is 10.5 Å². The third-order valence-corrected chi connectivity index (χ3v) is 6.46. The minimum atomic E-state index is -4.32. The van der Waals surface area contributed by atoms with E-state index in [0.29, 0.717) is 18.3 Å². The number of nitrogens with one attached hydrogen (secondary N) is 1. The highest BCUT2D eigenvalue weighted by atomic mass is 32.2. The van der Waals surface area contributed by atoms with E-state index in [1.165, 1.54) is 0 Å². The number of aliphatic hydroxyl groups excluding tert-OH is 2. The van der Waals surface area contributed by atoms with E-state index in [-0.39, 0.29) is 22.5 Å². The molecule has 18 heteroatoms. The summed E-state index contributed by atoms with van der Waals surface area (Å²) in [5, 5.41) is 31.6. The standard InChI is InChI=1S/C21H19F5N6O6S/c22-12-2-1-11(15(23)16(12)24)21(25,26)32-4-3-13(31-32)18(34)10-6-28-8-29-20(10)30-14-5-9(17(33)19(14)35)7-38-39(27,36)37/h1-4,6,8-9,14,17,19,33,35H,5,7H2,(H2,27,36,37)(H,28,29,30)/t9-,14-,17-,19+/m1/s1. The van der Waals surface area contributed by atoms with Crippen LogP contribution in [0.25, 0.3) is 0 Å². The number of rotatable bonds is 9. The zero-order valence-electron chi connectivity index (χ0n) is 19.4. The zero-order valence-corrected chi connectivity index (χ0v) is 20.2. The summed E-state index contributed by atoms with van der Waals surface area (Å²) in [5.41, 5.74) is -2.40. The lowest BCUT2D eigenvalue weighted by Gasteiger charge is -2.19. The van der Waals surface area contributed by atoms with Crippen LogP contribution in [0, 0.1) is 23.4 Å². The number of hydrogen-bond acceptors (Lipinski definition) is 10. The average Bonchev–Trinajstić information content (AvgIpc) is 3.47. The van der Waals surface area contributed by atoms with Gasteiger partial charge in [-0.05, 0) is 24.6 Å². The Morgan fingerprint density at radius 3 is 2.59 bits per heavy atom. The molecule has 3 aromatic rings. The largest absolute Gasteiger partial charge is 0.390 e. The normalized spacial score (nSPS) is 21.7. The Labute approximate surface area is 216 Å². The summed E-state index contributed by atoms with van der Waals surface area (Å²) in [6.07, 6.45) is -0.269. The Bertz CT molecular complexity index is 1510. The topological polar surface area (TPSA) is 183 Å². The number of halogens is 5. The number of ketones is 1. The van der Waals surface area contributed by atoms with Gasteiger partial charge in [0.2, 0.25) is 5.78 Å². The number of nitrogens with zero attached hydrogens (tertiary/aromatic N) is 4. The molecule has 1 saturated carbocycles. The number of carbonyl (C=O) groups is 1. The van der Waals surface area contributed by atoms with Crippen LogP contribution in [0.4, 0.5) is 27.8 Å². The van der Waals surface area contributed by atoms with Gasteiger partial charge in [0, 0.05) is 18.3 Å². The molecule has 0 aliphatic heterocycles. The van der Waals surface area contributed by atoms with Gasteiger partial charge >= 0.3 is 16.4 Å². The van der Waals surface area contributed by atoms with Crippen molar-refractivity contribution in [3.05, 3.63) is 71.2 Å². The lowest BCUT2D eigenvalue weighted by atomic mass is 10.1. The van der Waals surface area contributed by atoms with E-state index in [2.05, 4.69) is 24.6 Å². The van der Waals surface area contributed by atoms with Crippen LogP contribution in [0.5, 0.6) is 0 Å². The fraction of sp³-hybridized carbons (Fsp3) is 0.333. The number of hydrogen-bond donors (Lipinski definition) is 4. The van der Waals surface area contributed by atoms with E-state index >= 15 is 0 Å². The molecule has 210 valence electrons. The number of aliphatic hydroxyl groups is 2. The van der Waals surface area contributed by atoms with Gasteiger partial charge in [-0.15, -0.1) is 0 Å². The molecule has 4 rings (SSSR count). The lowest BCUT2D eigenvalue weighted by molar-refractivity contribution is -0.0520. The molecule has 2 heterocycles. The molecule has 0 amide bonds. The smallest absolute Gasteiger partial charge is 0.373 e. The van der Waals surface area contributed by atoms with Crippen LogP contribution in [0.1, 0.15) is 28.0 Å². The van der Waals surface area contributed by atoms with Gasteiger partial charge in [0.1, 0.15) is 23.9 Å². The molecule has 0 bridgehead atoms. The van der Waals surface area contributed by atoms with Gasteiger partial charge < -0.3 is 15.5 Å². The molecule has 39 heavy (non-hydrogen) atoms. The molecule has 1 aliphatic carbocycles. The minimum Gasteiger partial charge on any atom is -0.390 e. The first-order valence-electron chi connectivity index (χ1n) is 10.9. The van der Waals surface area contributed by atoms with Crippen molar-refractivity contribution in [2.45, 2.75) is 30.7 Å². The summed E-state index contributed by atoms with van der Waals surface area (Å²) < 4.78 is 96.8. The molecule has 0 radical (unpaired) electrons. The number of anilines is 1. The average molecular weight is 578 g/mol. The predicted molar refractivity (Wildman–Crippen MR) is 120 cm³/mol. The first kappa shape index (κ1) is 28.4. The minimum absolute atomic E-state index is 0.0455. The second-order valence-corrected chi connectivity index (χ2v) is 9.75. The maximum absolute atomic E-state index is 14.9. The van der Waals surface area contributed by atoms with Crippen LogP contribution in [0.15, 0.2) is 36.9 Å². The highest BCUT2D eigenvalue weighted by Crippen LogP contribution is 2.34. The van der Waals surface area contributed by atoms with E-state index < -0.39 is 81.6 Å². The maximum atomic E-state index is 14.9. The zero-order chi connectivity index (χ0) is 28.7. The fourth-order valence-electron chi connectivity index (χ4n) is 4.02. The summed E-state index contributed by atoms with van der Waals surface area (Å²) in [6, 6.07) is -3.76. The first-order valence-corrected chi connectivity index (χ1v) is 12.4. The van der Waals surface area contributed by atoms with E-state index in [4.69, 9.17) is 5.14 Å². The summed E-state index contributed by atoms with van der Waals surface area (Å²) >= 11 is 0. The fourth-order valence-corrected chi connectivity index (χ4v) is 4.39. The lowest BCUT2D eigenvalue weighted by Crippen LogP contribution is -2.36. The molecular formula is C21H19F5N6O6S. The van der Waals surface area contributed by atoms with Gasteiger partial charge in [-0.25, -0.2) is 33.0 Å². The van der Waals surface area contributed by atoms with E-state index in [9.17, 15) is 45.4 Å². The van der Waals surface area contributed by atoms with E-state index in [0.717, 1.165) is 18.6 Å². The van der Waals surface area contributed by atoms with Crippen molar-refractivity contribution in [1.82, 2.24) is 19.7 Å². The molecule has 12 nitrogen and oxygen atoms in total. The Morgan fingerprint density at radius 1 is 1.18 bits per heavy atom. The van der Waals surface area contributed by atoms with Crippen molar-refractivity contribution >= 4 is 21.9 Å². The van der Waals surface area contributed by atoms with Gasteiger partial charge in [0.05, 0.1) is 29.9 Å². The third kappa shape index (κ3) is 5.74. The van der Waals surface area contributed by atoms with Crippen molar-refractivity contribution in [1.29, 1.82) is 0 Å². The molecule has 1 aromatic carbocycles. The molecule has 0 unspecified atom stereocenters. The summed E-state index contributed by atoms with van der Waals surface area (Å²) in [5.74, 6) is -7.95. The first-order chi connectivity index (χ1) is 18.2. The highest BCUT2D eigenvalue weighted by molar-refractivity contribution is 7.84. The van der Waals surface area contributed by atoms with Gasteiger partial charge in [-0.2, -0.15) is 22.3 Å². The quantitative estimate of drug-likeness (QED) is 0.160. The van der Waals surface area contributed by atoms with E-state index in [1.807, 2.05) is 0 Å². The maximum Gasteiger partial charge on any atom is 0.373 e. The number of aromatic nitrogens is 4. The van der Waals surface area contributed by atoms with Crippen LogP contribution in [-0.4, -0.2) is 69.0 Å². The summed E-state index contributed by atoms with van der Waals surface area (Å²) in [7, 11) is -4.31. The van der Waals surface area contributed by atoms with Crippen molar-refractivity contribution in [3.63, 3.8) is 0 Å². The Morgan fingerprint density at radius 2 is 1.90 bits per heavy atom. The summed E-state index contributed by atoms with van der Waals surface area (Å²) in [4.78, 5) is 20.7. The highest BCUT2D eigenvalue weighted by Gasteiger charge is 2.43. The number of carbonyl (C=O) groups excluding carboxylic acids is 1. The molecular weight excluding hydrogens is 559 g/mol. The summed E-state index contributed by atoms with van der Waals surface area (Å²) in [6.45, 7) is -0.533. The van der Waals surface area contributed by atoms with Crippen LogP contribution in [0.2, 0.25) is 0 Å². The van der Waals surface area contributed by atoms with Crippen molar-refractivity contribution < 1.29 is 49.6 Å². The van der Waals surface area contributed by atoms with Gasteiger partial charge in [-0.1, -0.05) is 0 Å². The molecule has 0 saturated heterocycles. The Kier molecular flexibility index (Phi) is 7.68.